The van der Waals surface area contributed by atoms with E-state index in [1.165, 1.54) is 11.1 Å². The molecule has 0 aliphatic heterocycles. The number of pyridine rings is 1. The lowest BCUT2D eigenvalue weighted by atomic mass is 10.1. The molecule has 0 aliphatic rings. The second-order valence-electron chi connectivity index (χ2n) is 4.01. The Balaban J connectivity index is 1.85. The average Bonchev–Trinajstić information content (AvgIpc) is 2.46. The summed E-state index contributed by atoms with van der Waals surface area (Å²) in [4.78, 5) is 4.02. The van der Waals surface area contributed by atoms with Crippen LogP contribution in [-0.4, -0.2) is 17.8 Å². The summed E-state index contributed by atoms with van der Waals surface area (Å²) >= 11 is 1.88. The average molecular weight is 259 g/mol. The fourth-order valence-corrected chi connectivity index (χ4v) is 2.82. The van der Waals surface area contributed by atoms with Crippen molar-refractivity contribution in [1.29, 1.82) is 0 Å². The number of hydrogen-bond donors (Lipinski definition) is 0. The highest BCUT2D eigenvalue weighted by Crippen LogP contribution is 2.23. The number of nitrogens with zero attached hydrogens (tertiary/aromatic N) is 1. The van der Waals surface area contributed by atoms with Crippen LogP contribution in [0, 0.1) is 0 Å². The van der Waals surface area contributed by atoms with Gasteiger partial charge in [-0.25, -0.2) is 0 Å². The maximum absolute atomic E-state index is 5.54. The predicted octanol–water partition coefficient (Wildman–Crippen LogP) is 3.70. The molecule has 1 unspecified atom stereocenters. The Bertz CT molecular complexity index is 447. The zero-order valence-corrected chi connectivity index (χ0v) is 11.3. The summed E-state index contributed by atoms with van der Waals surface area (Å²) in [5.74, 6) is 1.96. The molecular formula is C15H17NOS. The Hall–Kier alpha value is -1.32. The molecule has 2 aromatic rings. The molecule has 0 bridgehead atoms. The molecule has 0 amide bonds. The second-order valence-corrected chi connectivity index (χ2v) is 5.04. The smallest absolute Gasteiger partial charge is 0.0911 e. The number of hydrogen-bond acceptors (Lipinski definition) is 3. The van der Waals surface area contributed by atoms with Crippen LogP contribution in [0.1, 0.15) is 17.2 Å². The summed E-state index contributed by atoms with van der Waals surface area (Å²) in [6.45, 7) is 0. The first-order valence-electron chi connectivity index (χ1n) is 5.94. The minimum Gasteiger partial charge on any atom is -0.376 e. The molecule has 18 heavy (non-hydrogen) atoms. The van der Waals surface area contributed by atoms with Gasteiger partial charge in [-0.05, 0) is 23.3 Å². The summed E-state index contributed by atoms with van der Waals surface area (Å²) in [6.07, 6.45) is 3.83. The van der Waals surface area contributed by atoms with Crippen molar-refractivity contribution < 1.29 is 4.74 Å². The van der Waals surface area contributed by atoms with Gasteiger partial charge >= 0.3 is 0 Å². The van der Waals surface area contributed by atoms with Gasteiger partial charge in [0.15, 0.2) is 0 Å². The third kappa shape index (κ3) is 3.86. The van der Waals surface area contributed by atoms with Crippen molar-refractivity contribution in [2.45, 2.75) is 11.9 Å². The van der Waals surface area contributed by atoms with E-state index in [0.29, 0.717) is 0 Å². The number of rotatable bonds is 6. The molecule has 0 saturated heterocycles. The van der Waals surface area contributed by atoms with Crippen molar-refractivity contribution in [2.75, 3.05) is 12.9 Å². The van der Waals surface area contributed by atoms with Gasteiger partial charge in [0.2, 0.25) is 0 Å². The molecule has 0 fully saturated rings. The zero-order valence-electron chi connectivity index (χ0n) is 10.5. The Morgan fingerprint density at radius 1 is 1.11 bits per heavy atom. The summed E-state index contributed by atoms with van der Waals surface area (Å²) in [6, 6.07) is 14.5. The van der Waals surface area contributed by atoms with Crippen LogP contribution in [0.5, 0.6) is 0 Å². The van der Waals surface area contributed by atoms with Crippen molar-refractivity contribution >= 4 is 11.8 Å². The van der Waals surface area contributed by atoms with Crippen LogP contribution in [0.3, 0.4) is 0 Å². The van der Waals surface area contributed by atoms with E-state index in [2.05, 4.69) is 41.4 Å². The first-order chi connectivity index (χ1) is 8.90. The minimum atomic E-state index is 0.165. The molecule has 1 aromatic heterocycles. The van der Waals surface area contributed by atoms with Gasteiger partial charge < -0.3 is 4.74 Å². The molecule has 2 rings (SSSR count). The Morgan fingerprint density at radius 3 is 2.50 bits per heavy atom. The summed E-state index contributed by atoms with van der Waals surface area (Å²) in [7, 11) is 1.77. The van der Waals surface area contributed by atoms with Gasteiger partial charge in [0.1, 0.15) is 0 Å². The van der Waals surface area contributed by atoms with E-state index in [0.717, 1.165) is 11.5 Å². The molecule has 0 radical (unpaired) electrons. The largest absolute Gasteiger partial charge is 0.376 e. The van der Waals surface area contributed by atoms with E-state index in [-0.39, 0.29) is 6.10 Å². The maximum Gasteiger partial charge on any atom is 0.0911 e. The highest BCUT2D eigenvalue weighted by atomic mass is 32.2. The summed E-state index contributed by atoms with van der Waals surface area (Å²) < 4.78 is 5.54. The molecule has 1 aromatic carbocycles. The Morgan fingerprint density at radius 2 is 1.83 bits per heavy atom. The second kappa shape index (κ2) is 7.19. The van der Waals surface area contributed by atoms with E-state index in [4.69, 9.17) is 4.74 Å². The molecule has 2 nitrogen and oxygen atoms in total. The van der Waals surface area contributed by atoms with E-state index in [1.54, 1.807) is 7.11 Å². The fraction of sp³-hybridized carbons (Fsp3) is 0.267. The first kappa shape index (κ1) is 13.1. The van der Waals surface area contributed by atoms with E-state index in [1.807, 2.05) is 30.2 Å². The summed E-state index contributed by atoms with van der Waals surface area (Å²) in [5.41, 5.74) is 2.54. The van der Waals surface area contributed by atoms with Gasteiger partial charge in [-0.2, -0.15) is 11.8 Å². The first-order valence-corrected chi connectivity index (χ1v) is 7.10. The van der Waals surface area contributed by atoms with E-state index >= 15 is 0 Å². The van der Waals surface area contributed by atoms with Gasteiger partial charge in [-0.3, -0.25) is 4.98 Å². The summed E-state index contributed by atoms with van der Waals surface area (Å²) in [5, 5.41) is 0. The van der Waals surface area contributed by atoms with Crippen LogP contribution in [0.2, 0.25) is 0 Å². The third-order valence-corrected chi connectivity index (χ3v) is 3.82. The topological polar surface area (TPSA) is 22.1 Å². The number of aromatic nitrogens is 1. The molecule has 0 saturated carbocycles. The number of thioether (sulfide) groups is 1. The van der Waals surface area contributed by atoms with Crippen LogP contribution in [-0.2, 0) is 10.5 Å². The van der Waals surface area contributed by atoms with Crippen molar-refractivity contribution in [3.8, 4) is 0 Å². The van der Waals surface area contributed by atoms with Crippen molar-refractivity contribution in [2.24, 2.45) is 0 Å². The molecule has 0 aliphatic carbocycles. The van der Waals surface area contributed by atoms with Crippen LogP contribution >= 0.6 is 11.8 Å². The van der Waals surface area contributed by atoms with Gasteiger partial charge in [-0.1, -0.05) is 30.3 Å². The SMILES string of the molecule is COC(CSCc1ccncc1)c1ccccc1. The normalized spacial score (nSPS) is 12.3. The quantitative estimate of drug-likeness (QED) is 0.789. The van der Waals surface area contributed by atoms with Crippen molar-refractivity contribution in [1.82, 2.24) is 4.98 Å². The van der Waals surface area contributed by atoms with Gasteiger partial charge in [0.25, 0.3) is 0 Å². The molecular weight excluding hydrogens is 242 g/mol. The lowest BCUT2D eigenvalue weighted by molar-refractivity contribution is 0.123. The van der Waals surface area contributed by atoms with Crippen molar-refractivity contribution in [3.63, 3.8) is 0 Å². The van der Waals surface area contributed by atoms with E-state index in [9.17, 15) is 0 Å². The molecule has 1 atom stereocenters. The zero-order chi connectivity index (χ0) is 12.6. The predicted molar refractivity (Wildman–Crippen MR) is 76.6 cm³/mol. The molecule has 0 spiro atoms. The Labute approximate surface area is 112 Å². The van der Waals surface area contributed by atoms with E-state index < -0.39 is 0 Å². The standard InChI is InChI=1S/C15H17NOS/c1-17-15(14-5-3-2-4-6-14)12-18-11-13-7-9-16-10-8-13/h2-10,15H,11-12H2,1H3. The van der Waals surface area contributed by atoms with Crippen LogP contribution < -0.4 is 0 Å². The highest BCUT2D eigenvalue weighted by Gasteiger charge is 2.09. The van der Waals surface area contributed by atoms with Gasteiger partial charge in [0, 0.05) is 31.0 Å². The van der Waals surface area contributed by atoms with Crippen LogP contribution in [0.4, 0.5) is 0 Å². The Kier molecular flexibility index (Phi) is 5.24. The van der Waals surface area contributed by atoms with Crippen LogP contribution in [0.15, 0.2) is 54.9 Å². The molecule has 0 N–H and O–H groups in total. The number of benzene rings is 1. The number of methoxy groups -OCH3 is 1. The molecule has 3 heteroatoms. The van der Waals surface area contributed by atoms with Gasteiger partial charge in [0.05, 0.1) is 6.10 Å². The van der Waals surface area contributed by atoms with Crippen LogP contribution in [0.25, 0.3) is 0 Å². The fourth-order valence-electron chi connectivity index (χ4n) is 1.73. The monoisotopic (exact) mass is 259 g/mol. The third-order valence-electron chi connectivity index (χ3n) is 2.74. The minimum absolute atomic E-state index is 0.165. The lowest BCUT2D eigenvalue weighted by Crippen LogP contribution is -2.04. The maximum atomic E-state index is 5.54. The highest BCUT2D eigenvalue weighted by molar-refractivity contribution is 7.98. The molecule has 1 heterocycles. The number of ether oxygens (including phenoxy) is 1. The van der Waals surface area contributed by atoms with Crippen molar-refractivity contribution in [3.05, 3.63) is 66.0 Å². The van der Waals surface area contributed by atoms with Gasteiger partial charge in [-0.15, -0.1) is 0 Å². The lowest BCUT2D eigenvalue weighted by Gasteiger charge is -2.15. The molecule has 94 valence electrons.